The Labute approximate surface area is 68.5 Å². The van der Waals surface area contributed by atoms with Gasteiger partial charge in [-0.1, -0.05) is 5.92 Å². The van der Waals surface area contributed by atoms with Gasteiger partial charge in [0.2, 0.25) is 0 Å². The Morgan fingerprint density at radius 3 is 2.91 bits per heavy atom. The minimum Gasteiger partial charge on any atom is -0.376 e. The molecule has 1 saturated heterocycles. The summed E-state index contributed by atoms with van der Waals surface area (Å²) in [6, 6.07) is 0. The van der Waals surface area contributed by atoms with E-state index >= 15 is 0 Å². The van der Waals surface area contributed by atoms with E-state index in [4.69, 9.17) is 11.2 Å². The zero-order chi connectivity index (χ0) is 8.27. The third-order valence-corrected chi connectivity index (χ3v) is 2.04. The smallest absolute Gasteiger partial charge is 0.0851 e. The summed E-state index contributed by atoms with van der Waals surface area (Å²) in [6.07, 6.45) is 5.62. The van der Waals surface area contributed by atoms with Crippen molar-refractivity contribution in [2.24, 2.45) is 5.92 Å². The lowest BCUT2D eigenvalue weighted by Gasteiger charge is -2.12. The highest BCUT2D eigenvalue weighted by Gasteiger charge is 2.29. The van der Waals surface area contributed by atoms with Gasteiger partial charge in [-0.25, -0.2) is 0 Å². The third-order valence-electron chi connectivity index (χ3n) is 2.04. The Bertz CT molecular complexity index is 161. The van der Waals surface area contributed by atoms with Crippen LogP contribution in [0.2, 0.25) is 0 Å². The molecule has 1 rings (SSSR count). The van der Waals surface area contributed by atoms with Crippen LogP contribution >= 0.6 is 0 Å². The lowest BCUT2D eigenvalue weighted by molar-refractivity contribution is 0.0565. The van der Waals surface area contributed by atoms with Crippen molar-refractivity contribution >= 4 is 0 Å². The minimum absolute atomic E-state index is 0.259. The summed E-state index contributed by atoms with van der Waals surface area (Å²) >= 11 is 0. The van der Waals surface area contributed by atoms with Crippen LogP contribution in [0.1, 0.15) is 6.92 Å². The molecule has 2 nitrogen and oxygen atoms in total. The molecule has 1 heterocycles. The van der Waals surface area contributed by atoms with Crippen molar-refractivity contribution in [2.75, 3.05) is 26.7 Å². The van der Waals surface area contributed by atoms with E-state index in [1.54, 1.807) is 0 Å². The highest BCUT2D eigenvalue weighted by atomic mass is 16.5. The molecule has 0 radical (unpaired) electrons. The maximum atomic E-state index is 5.49. The Morgan fingerprint density at radius 2 is 2.36 bits per heavy atom. The topological polar surface area (TPSA) is 12.5 Å². The summed E-state index contributed by atoms with van der Waals surface area (Å²) in [7, 11) is 2.07. The fourth-order valence-electron chi connectivity index (χ4n) is 1.51. The van der Waals surface area contributed by atoms with E-state index in [-0.39, 0.29) is 6.10 Å². The number of rotatable bonds is 2. The van der Waals surface area contributed by atoms with Crippen molar-refractivity contribution in [3.63, 3.8) is 0 Å². The number of hydrogen-bond acceptors (Lipinski definition) is 2. The first-order valence-electron chi connectivity index (χ1n) is 4.04. The van der Waals surface area contributed by atoms with Crippen LogP contribution in [-0.4, -0.2) is 37.7 Å². The monoisotopic (exact) mass is 153 g/mol. The van der Waals surface area contributed by atoms with Crippen molar-refractivity contribution in [1.29, 1.82) is 0 Å². The van der Waals surface area contributed by atoms with Gasteiger partial charge in [0, 0.05) is 19.7 Å². The number of nitrogens with zero attached hydrogens (tertiary/aromatic N) is 1. The molecular formula is C9H15NO. The Hall–Kier alpha value is -0.520. The number of terminal acetylenes is 1. The molecule has 1 aliphatic rings. The van der Waals surface area contributed by atoms with Crippen LogP contribution in [0.15, 0.2) is 0 Å². The lowest BCUT2D eigenvalue weighted by Crippen LogP contribution is -2.21. The number of likely N-dealkylation sites (N-methyl/N-ethyl adjacent to an activating group) is 1. The normalized spacial score (nSPS) is 32.1. The molecule has 2 heteroatoms. The van der Waals surface area contributed by atoms with E-state index in [2.05, 4.69) is 17.9 Å². The van der Waals surface area contributed by atoms with Gasteiger partial charge in [-0.3, -0.25) is 0 Å². The summed E-state index contributed by atoms with van der Waals surface area (Å²) in [6.45, 7) is 4.71. The SMILES string of the molecule is C#C[C@@H]1CN(C)C[C@H]1OCC. The van der Waals surface area contributed by atoms with Gasteiger partial charge in [0.05, 0.1) is 12.0 Å². The molecular weight excluding hydrogens is 138 g/mol. The second-order valence-corrected chi connectivity index (χ2v) is 2.99. The molecule has 0 amide bonds. The summed E-state index contributed by atoms with van der Waals surface area (Å²) in [4.78, 5) is 2.21. The zero-order valence-electron chi connectivity index (χ0n) is 7.21. The predicted molar refractivity (Wildman–Crippen MR) is 45.2 cm³/mol. The van der Waals surface area contributed by atoms with Crippen LogP contribution in [0.3, 0.4) is 0 Å². The van der Waals surface area contributed by atoms with Crippen LogP contribution in [0.5, 0.6) is 0 Å². The van der Waals surface area contributed by atoms with Crippen LogP contribution in [0.4, 0.5) is 0 Å². The van der Waals surface area contributed by atoms with Gasteiger partial charge in [-0.2, -0.15) is 0 Å². The summed E-state index contributed by atoms with van der Waals surface area (Å²) in [5, 5.41) is 0. The van der Waals surface area contributed by atoms with Crippen LogP contribution < -0.4 is 0 Å². The van der Waals surface area contributed by atoms with Gasteiger partial charge in [0.15, 0.2) is 0 Å². The van der Waals surface area contributed by atoms with Crippen LogP contribution in [0, 0.1) is 18.3 Å². The second-order valence-electron chi connectivity index (χ2n) is 2.99. The van der Waals surface area contributed by atoms with Crippen molar-refractivity contribution in [3.05, 3.63) is 0 Å². The quantitative estimate of drug-likeness (QED) is 0.538. The van der Waals surface area contributed by atoms with E-state index in [1.165, 1.54) is 0 Å². The van der Waals surface area contributed by atoms with Gasteiger partial charge >= 0.3 is 0 Å². The average molecular weight is 153 g/mol. The molecule has 2 atom stereocenters. The highest BCUT2D eigenvalue weighted by molar-refractivity contribution is 5.02. The molecule has 1 fully saturated rings. The summed E-state index contributed by atoms with van der Waals surface area (Å²) in [5.74, 6) is 3.05. The second kappa shape index (κ2) is 3.75. The van der Waals surface area contributed by atoms with Gasteiger partial charge in [0.25, 0.3) is 0 Å². The molecule has 0 aromatic carbocycles. The minimum atomic E-state index is 0.259. The predicted octanol–water partition coefficient (Wildman–Crippen LogP) is 0.586. The van der Waals surface area contributed by atoms with E-state index in [0.29, 0.717) is 5.92 Å². The summed E-state index contributed by atoms with van der Waals surface area (Å²) in [5.41, 5.74) is 0. The van der Waals surface area contributed by atoms with E-state index in [0.717, 1.165) is 19.7 Å². The largest absolute Gasteiger partial charge is 0.376 e. The van der Waals surface area contributed by atoms with Gasteiger partial charge in [-0.05, 0) is 14.0 Å². The molecule has 62 valence electrons. The number of hydrogen-bond donors (Lipinski definition) is 0. The molecule has 0 bridgehead atoms. The Kier molecular flexibility index (Phi) is 2.92. The van der Waals surface area contributed by atoms with Gasteiger partial charge < -0.3 is 9.64 Å². The van der Waals surface area contributed by atoms with Crippen LogP contribution in [-0.2, 0) is 4.74 Å². The third kappa shape index (κ3) is 1.95. The van der Waals surface area contributed by atoms with Crippen molar-refractivity contribution in [2.45, 2.75) is 13.0 Å². The van der Waals surface area contributed by atoms with Crippen LogP contribution in [0.25, 0.3) is 0 Å². The molecule has 0 unspecified atom stereocenters. The highest BCUT2D eigenvalue weighted by Crippen LogP contribution is 2.17. The first-order valence-corrected chi connectivity index (χ1v) is 4.04. The standard InChI is InChI=1S/C9H15NO/c1-4-8-6-10(3)7-9(8)11-5-2/h1,8-9H,5-7H2,2-3H3/t8-,9-/m1/s1. The maximum absolute atomic E-state index is 5.49. The summed E-state index contributed by atoms with van der Waals surface area (Å²) < 4.78 is 5.49. The Balaban J connectivity index is 2.45. The fraction of sp³-hybridized carbons (Fsp3) is 0.778. The van der Waals surface area contributed by atoms with Crippen molar-refractivity contribution in [3.8, 4) is 12.3 Å². The first-order chi connectivity index (χ1) is 5.27. The molecule has 0 aromatic rings. The fourth-order valence-corrected chi connectivity index (χ4v) is 1.51. The van der Waals surface area contributed by atoms with Gasteiger partial charge in [0.1, 0.15) is 0 Å². The van der Waals surface area contributed by atoms with E-state index in [9.17, 15) is 0 Å². The first kappa shape index (κ1) is 8.58. The molecule has 1 aliphatic heterocycles. The maximum Gasteiger partial charge on any atom is 0.0851 e. The zero-order valence-corrected chi connectivity index (χ0v) is 7.21. The van der Waals surface area contributed by atoms with Gasteiger partial charge in [-0.15, -0.1) is 6.42 Å². The molecule has 0 aliphatic carbocycles. The molecule has 0 aromatic heterocycles. The number of likely N-dealkylation sites (tertiary alicyclic amines) is 1. The molecule has 0 saturated carbocycles. The molecule has 0 spiro atoms. The average Bonchev–Trinajstić information content (AvgIpc) is 2.32. The lowest BCUT2D eigenvalue weighted by atomic mass is 10.1. The van der Waals surface area contributed by atoms with Crippen molar-refractivity contribution < 1.29 is 4.74 Å². The Morgan fingerprint density at radius 1 is 1.64 bits per heavy atom. The number of ether oxygens (including phenoxy) is 1. The van der Waals surface area contributed by atoms with Crippen molar-refractivity contribution in [1.82, 2.24) is 4.90 Å². The van der Waals surface area contributed by atoms with E-state index in [1.807, 2.05) is 6.92 Å². The van der Waals surface area contributed by atoms with E-state index < -0.39 is 0 Å². The molecule has 11 heavy (non-hydrogen) atoms. The molecule has 0 N–H and O–H groups in total.